The van der Waals surface area contributed by atoms with Crippen LogP contribution in [-0.4, -0.2) is 109 Å². The number of nitrogen functional groups attached to an aromatic ring is 2. The fourth-order valence-corrected chi connectivity index (χ4v) is 6.09. The fraction of sp³-hybridized carbons (Fsp3) is 0.500. The maximum absolute atomic E-state index is 15.1. The van der Waals surface area contributed by atoms with Gasteiger partial charge in [-0.25, -0.2) is 28.9 Å². The normalized spacial score (nSPS) is 30.7. The van der Waals surface area contributed by atoms with E-state index in [1.54, 1.807) is 0 Å². The van der Waals surface area contributed by atoms with Crippen LogP contribution in [-0.2, 0) is 32.4 Å². The molecule has 22 nitrogen and oxygen atoms in total. The van der Waals surface area contributed by atoms with Crippen LogP contribution in [0.2, 0.25) is 0 Å². The van der Waals surface area contributed by atoms with Crippen molar-refractivity contribution in [1.82, 2.24) is 39.0 Å². The van der Waals surface area contributed by atoms with Crippen LogP contribution in [0.15, 0.2) is 23.8 Å². The molecular formula is C20H25FN10O12P2. The SMILES string of the molecule is Nc1nc2c(ncn2[C@@H]2O[C@H](OC[PH](=O)O)[C@H](O)[C@@H]2OP(=O)(O)OC[C@H]2O[C@@H](n3cnc4c(N)ncnc43)[C@@H](F)[C@H]2O)c(=O)[nH]1. The van der Waals surface area contributed by atoms with Crippen molar-refractivity contribution >= 4 is 49.9 Å². The Labute approximate surface area is 249 Å². The molecule has 0 aromatic carbocycles. The maximum atomic E-state index is 15.1. The Morgan fingerprint density at radius 2 is 1.78 bits per heavy atom. The van der Waals surface area contributed by atoms with E-state index in [4.69, 9.17) is 39.6 Å². The van der Waals surface area contributed by atoms with Crippen molar-refractivity contribution in [3.63, 3.8) is 0 Å². The third kappa shape index (κ3) is 5.95. The number of hydrogen-bond acceptors (Lipinski definition) is 17. The fourth-order valence-electron chi connectivity index (χ4n) is 4.85. The van der Waals surface area contributed by atoms with Crippen molar-refractivity contribution < 1.29 is 56.8 Å². The Hall–Kier alpha value is -3.47. The standard InChI is InChI=1S/C20H25FN10O12P2/c21-7-10(32)6(41-17(7)30-3-26-8-13(22)24-2-25-14(8)30)1-40-45(37,38)43-12-11(33)19(39-5-44(35)36)42-18(12)31-4-27-9-15(31)28-20(23)29-16(9)34/h2-4,6-7,10-12,17-19,32-33,44H,1,5H2,(H,35,36)(H,37,38)(H2,22,24,25)(H3,23,28,29,34)/t6-,7+,10+,11-,12+,17-,18-,19+/m1/s1. The highest BCUT2D eigenvalue weighted by Gasteiger charge is 2.51. The van der Waals surface area contributed by atoms with Gasteiger partial charge in [-0.15, -0.1) is 0 Å². The van der Waals surface area contributed by atoms with E-state index in [9.17, 15) is 29.0 Å². The smallest absolute Gasteiger partial charge is 0.387 e. The van der Waals surface area contributed by atoms with E-state index in [0.29, 0.717) is 0 Å². The first-order chi connectivity index (χ1) is 21.3. The number of aromatic nitrogens is 8. The maximum Gasteiger partial charge on any atom is 0.472 e. The number of nitrogens with one attached hydrogen (secondary N) is 1. The number of halogens is 1. The highest BCUT2D eigenvalue weighted by molar-refractivity contribution is 7.47. The highest BCUT2D eigenvalue weighted by atomic mass is 31.2. The molecule has 9 N–H and O–H groups in total. The molecule has 244 valence electrons. The molecule has 25 heteroatoms. The predicted octanol–water partition coefficient (Wildman–Crippen LogP) is -2.12. The second-order valence-electron chi connectivity index (χ2n) is 9.78. The zero-order chi connectivity index (χ0) is 32.2. The van der Waals surface area contributed by atoms with E-state index in [1.807, 2.05) is 0 Å². The lowest BCUT2D eigenvalue weighted by molar-refractivity contribution is -0.166. The number of phosphoric ester groups is 1. The summed E-state index contributed by atoms with van der Waals surface area (Å²) in [5, 5.41) is 21.3. The molecule has 2 fully saturated rings. The molecule has 4 aromatic rings. The number of rotatable bonds is 10. The van der Waals surface area contributed by atoms with E-state index < -0.39 is 83.7 Å². The van der Waals surface area contributed by atoms with Gasteiger partial charge < -0.3 is 45.7 Å². The molecule has 2 saturated heterocycles. The Morgan fingerprint density at radius 1 is 1.07 bits per heavy atom. The van der Waals surface area contributed by atoms with Crippen molar-refractivity contribution in [3.8, 4) is 0 Å². The van der Waals surface area contributed by atoms with Gasteiger partial charge in [-0.05, 0) is 0 Å². The minimum absolute atomic E-state index is 0.0236. The molecule has 2 unspecified atom stereocenters. The van der Waals surface area contributed by atoms with Gasteiger partial charge in [0.15, 0.2) is 47.5 Å². The number of imidazole rings is 2. The van der Waals surface area contributed by atoms with Crippen molar-refractivity contribution in [2.75, 3.05) is 24.4 Å². The van der Waals surface area contributed by atoms with E-state index >= 15 is 4.39 Å². The van der Waals surface area contributed by atoms with Crippen LogP contribution in [0, 0.1) is 0 Å². The molecule has 4 aromatic heterocycles. The van der Waals surface area contributed by atoms with E-state index in [-0.39, 0.29) is 34.1 Å². The summed E-state index contributed by atoms with van der Waals surface area (Å²) in [6, 6.07) is 0. The zero-order valence-electron chi connectivity index (χ0n) is 22.4. The second kappa shape index (κ2) is 12.0. The lowest BCUT2D eigenvalue weighted by Crippen LogP contribution is -2.35. The average Bonchev–Trinajstić information content (AvgIpc) is 3.73. The van der Waals surface area contributed by atoms with Crippen LogP contribution in [0.25, 0.3) is 22.3 Å². The molecule has 0 radical (unpaired) electrons. The molecule has 0 aliphatic carbocycles. The summed E-state index contributed by atoms with van der Waals surface area (Å²) >= 11 is 0. The summed E-state index contributed by atoms with van der Waals surface area (Å²) in [6.07, 6.45) is -11.2. The molecule has 6 rings (SSSR count). The third-order valence-corrected chi connectivity index (χ3v) is 8.28. The second-order valence-corrected chi connectivity index (χ2v) is 12.3. The lowest BCUT2D eigenvalue weighted by atomic mass is 10.1. The summed E-state index contributed by atoms with van der Waals surface area (Å²) in [5.74, 6) is -0.289. The molecule has 10 atom stereocenters. The van der Waals surface area contributed by atoms with Crippen LogP contribution >= 0.6 is 15.9 Å². The lowest BCUT2D eigenvalue weighted by Gasteiger charge is -2.24. The van der Waals surface area contributed by atoms with Crippen molar-refractivity contribution in [2.24, 2.45) is 0 Å². The Morgan fingerprint density at radius 3 is 2.51 bits per heavy atom. The van der Waals surface area contributed by atoms with Crippen LogP contribution in [0.5, 0.6) is 0 Å². The third-order valence-electron chi connectivity index (χ3n) is 6.88. The summed E-state index contributed by atoms with van der Waals surface area (Å²) in [5.41, 5.74) is 10.5. The number of ether oxygens (including phenoxy) is 3. The zero-order valence-corrected chi connectivity index (χ0v) is 24.3. The first-order valence-corrected chi connectivity index (χ1v) is 15.9. The number of H-pyrrole nitrogens is 1. The first-order valence-electron chi connectivity index (χ1n) is 12.8. The van der Waals surface area contributed by atoms with Gasteiger partial charge in [-0.2, -0.15) is 4.98 Å². The van der Waals surface area contributed by atoms with Gasteiger partial charge in [0, 0.05) is 0 Å². The Bertz CT molecular complexity index is 1860. The van der Waals surface area contributed by atoms with Crippen molar-refractivity contribution in [3.05, 3.63) is 29.3 Å². The number of aliphatic hydroxyl groups excluding tert-OH is 2. The minimum Gasteiger partial charge on any atom is -0.387 e. The summed E-state index contributed by atoms with van der Waals surface area (Å²) in [7, 11) is -8.39. The number of aliphatic hydroxyl groups is 2. The molecule has 0 amide bonds. The van der Waals surface area contributed by atoms with Gasteiger partial charge in [0.05, 0.1) is 19.3 Å². The molecular weight excluding hydrogens is 653 g/mol. The topological polar surface area (TPSA) is 320 Å². The van der Waals surface area contributed by atoms with Gasteiger partial charge in [0.1, 0.15) is 42.6 Å². The minimum atomic E-state index is -5.20. The molecule has 2 aliphatic rings. The van der Waals surface area contributed by atoms with Crippen LogP contribution in [0.1, 0.15) is 12.5 Å². The molecule has 6 heterocycles. The average molecular weight is 678 g/mol. The van der Waals surface area contributed by atoms with Crippen LogP contribution in [0.3, 0.4) is 0 Å². The Balaban J connectivity index is 1.20. The number of hydrogen-bond donors (Lipinski definition) is 7. The predicted molar refractivity (Wildman–Crippen MR) is 145 cm³/mol. The van der Waals surface area contributed by atoms with Gasteiger partial charge in [0.25, 0.3) is 5.56 Å². The number of phosphoric acid groups is 1. The summed E-state index contributed by atoms with van der Waals surface area (Å²) in [6.45, 7) is -0.877. The highest BCUT2D eigenvalue weighted by Crippen LogP contribution is 2.50. The number of aromatic amines is 1. The van der Waals surface area contributed by atoms with Gasteiger partial charge in [-0.3, -0.25) is 32.5 Å². The number of anilines is 2. The summed E-state index contributed by atoms with van der Waals surface area (Å²) < 4.78 is 68.1. The van der Waals surface area contributed by atoms with Crippen molar-refractivity contribution in [1.29, 1.82) is 0 Å². The molecule has 2 aliphatic heterocycles. The molecule has 0 saturated carbocycles. The number of nitrogens with zero attached hydrogens (tertiary/aromatic N) is 7. The van der Waals surface area contributed by atoms with E-state index in [1.165, 1.54) is 6.33 Å². The van der Waals surface area contributed by atoms with E-state index in [0.717, 1.165) is 21.8 Å². The van der Waals surface area contributed by atoms with Crippen LogP contribution in [0.4, 0.5) is 16.2 Å². The van der Waals surface area contributed by atoms with Gasteiger partial charge in [0.2, 0.25) is 14.0 Å². The van der Waals surface area contributed by atoms with E-state index in [2.05, 4.69) is 29.9 Å². The van der Waals surface area contributed by atoms with Crippen LogP contribution < -0.4 is 17.0 Å². The summed E-state index contributed by atoms with van der Waals surface area (Å²) in [4.78, 5) is 53.9. The molecule has 0 spiro atoms. The largest absolute Gasteiger partial charge is 0.472 e. The van der Waals surface area contributed by atoms with Gasteiger partial charge >= 0.3 is 7.82 Å². The van der Waals surface area contributed by atoms with Gasteiger partial charge in [-0.1, -0.05) is 0 Å². The first kappa shape index (κ1) is 31.5. The molecule has 0 bridgehead atoms. The number of nitrogens with two attached hydrogens (primary N) is 2. The number of fused-ring (bicyclic) bond motifs is 2. The Kier molecular flexibility index (Phi) is 8.43. The number of alkyl halides is 1. The quantitative estimate of drug-likeness (QED) is 0.0881. The molecule has 45 heavy (non-hydrogen) atoms. The van der Waals surface area contributed by atoms with Crippen molar-refractivity contribution in [2.45, 2.75) is 49.3 Å². The monoisotopic (exact) mass is 678 g/mol.